The monoisotopic (exact) mass is 472 g/mol. The van der Waals surface area contributed by atoms with Crippen molar-refractivity contribution >= 4 is 41.5 Å². The smallest absolute Gasteiger partial charge is 0.227 e. The predicted octanol–water partition coefficient (Wildman–Crippen LogP) is 2.97. The summed E-state index contributed by atoms with van der Waals surface area (Å²) in [5, 5.41) is 3.06. The van der Waals surface area contributed by atoms with E-state index in [1.165, 1.54) is 6.42 Å². The Kier molecular flexibility index (Phi) is 8.64. The lowest BCUT2D eigenvalue weighted by Crippen LogP contribution is -2.44. The molecular formula is C19H29IN4O2. The van der Waals surface area contributed by atoms with Gasteiger partial charge in [0.25, 0.3) is 0 Å². The van der Waals surface area contributed by atoms with Gasteiger partial charge in [-0.25, -0.2) is 4.99 Å². The van der Waals surface area contributed by atoms with Gasteiger partial charge in [-0.3, -0.25) is 4.79 Å². The molecular weight excluding hydrogens is 443 g/mol. The van der Waals surface area contributed by atoms with Gasteiger partial charge in [-0.05, 0) is 30.5 Å². The number of nitrogens with two attached hydrogens (primary N) is 1. The highest BCUT2D eigenvalue weighted by Gasteiger charge is 2.21. The quantitative estimate of drug-likeness (QED) is 0.401. The van der Waals surface area contributed by atoms with Gasteiger partial charge in [0.2, 0.25) is 5.91 Å². The third kappa shape index (κ3) is 6.12. The minimum atomic E-state index is 0. The molecule has 1 saturated carbocycles. The number of carbonyl (C=O) groups is 1. The molecule has 1 saturated heterocycles. The van der Waals surface area contributed by atoms with Crippen molar-refractivity contribution in [1.82, 2.24) is 4.90 Å². The molecule has 0 aromatic heterocycles. The second kappa shape index (κ2) is 10.7. The molecule has 1 aromatic rings. The summed E-state index contributed by atoms with van der Waals surface area (Å²) in [5.74, 6) is 0.862. The SMILES string of the molecule is I.NC(=NCc1cccc(NC(=O)C2CCCCC2)c1)N1CCOCC1. The van der Waals surface area contributed by atoms with Crippen molar-refractivity contribution in [3.05, 3.63) is 29.8 Å². The van der Waals surface area contributed by atoms with Crippen LogP contribution in [0.25, 0.3) is 0 Å². The maximum absolute atomic E-state index is 12.4. The van der Waals surface area contributed by atoms with Crippen LogP contribution < -0.4 is 11.1 Å². The Bertz CT molecular complexity index is 611. The van der Waals surface area contributed by atoms with Gasteiger partial charge in [-0.1, -0.05) is 31.4 Å². The molecule has 7 heteroatoms. The number of hydrogen-bond donors (Lipinski definition) is 2. The van der Waals surface area contributed by atoms with Crippen LogP contribution in [0.15, 0.2) is 29.3 Å². The number of nitrogens with zero attached hydrogens (tertiary/aromatic N) is 2. The number of halogens is 1. The maximum Gasteiger partial charge on any atom is 0.227 e. The van der Waals surface area contributed by atoms with Gasteiger partial charge < -0.3 is 20.7 Å². The van der Waals surface area contributed by atoms with E-state index in [-0.39, 0.29) is 35.8 Å². The van der Waals surface area contributed by atoms with Crippen LogP contribution in [-0.2, 0) is 16.1 Å². The highest BCUT2D eigenvalue weighted by Crippen LogP contribution is 2.25. The van der Waals surface area contributed by atoms with Crippen LogP contribution >= 0.6 is 24.0 Å². The van der Waals surface area contributed by atoms with E-state index < -0.39 is 0 Å². The largest absolute Gasteiger partial charge is 0.378 e. The molecule has 2 fully saturated rings. The molecule has 0 unspecified atom stereocenters. The molecule has 1 aliphatic heterocycles. The van der Waals surface area contributed by atoms with Crippen LogP contribution in [0, 0.1) is 5.92 Å². The van der Waals surface area contributed by atoms with Crippen LogP contribution in [-0.4, -0.2) is 43.1 Å². The van der Waals surface area contributed by atoms with Gasteiger partial charge in [-0.2, -0.15) is 0 Å². The number of aliphatic imine (C=N–C) groups is 1. The Balaban J connectivity index is 0.00000243. The van der Waals surface area contributed by atoms with Crippen LogP contribution in [0.5, 0.6) is 0 Å². The first-order valence-electron chi connectivity index (χ1n) is 9.25. The minimum Gasteiger partial charge on any atom is -0.378 e. The highest BCUT2D eigenvalue weighted by atomic mass is 127. The average Bonchev–Trinajstić information content (AvgIpc) is 2.68. The second-order valence-corrected chi connectivity index (χ2v) is 6.80. The van der Waals surface area contributed by atoms with E-state index >= 15 is 0 Å². The third-order valence-corrected chi connectivity index (χ3v) is 4.93. The van der Waals surface area contributed by atoms with Gasteiger partial charge in [0, 0.05) is 24.7 Å². The summed E-state index contributed by atoms with van der Waals surface area (Å²) in [6.07, 6.45) is 5.58. The number of benzene rings is 1. The summed E-state index contributed by atoms with van der Waals surface area (Å²) >= 11 is 0. The Morgan fingerprint density at radius 1 is 1.23 bits per heavy atom. The molecule has 2 aliphatic rings. The summed E-state index contributed by atoms with van der Waals surface area (Å²) in [4.78, 5) is 18.9. The summed E-state index contributed by atoms with van der Waals surface area (Å²) < 4.78 is 5.32. The zero-order chi connectivity index (χ0) is 17.5. The lowest BCUT2D eigenvalue weighted by atomic mass is 9.88. The summed E-state index contributed by atoms with van der Waals surface area (Å²) in [6.45, 7) is 3.47. The maximum atomic E-state index is 12.4. The van der Waals surface area contributed by atoms with Crippen molar-refractivity contribution in [2.45, 2.75) is 38.6 Å². The standard InChI is InChI=1S/C19H28N4O2.HI/c20-19(23-9-11-25-12-10-23)21-14-15-5-4-8-17(13-15)22-18(24)16-6-2-1-3-7-16;/h4-5,8,13,16H,1-3,6-7,9-12,14H2,(H2,20,21)(H,22,24);1H. The Morgan fingerprint density at radius 3 is 2.69 bits per heavy atom. The van der Waals surface area contributed by atoms with Crippen molar-refractivity contribution in [2.24, 2.45) is 16.6 Å². The molecule has 3 N–H and O–H groups in total. The van der Waals surface area contributed by atoms with Crippen LogP contribution in [0.1, 0.15) is 37.7 Å². The summed E-state index contributed by atoms with van der Waals surface area (Å²) in [7, 11) is 0. The number of carbonyl (C=O) groups excluding carboxylic acids is 1. The number of rotatable bonds is 4. The fraction of sp³-hybridized carbons (Fsp3) is 0.579. The van der Waals surface area contributed by atoms with E-state index in [9.17, 15) is 4.79 Å². The number of hydrogen-bond acceptors (Lipinski definition) is 3. The van der Waals surface area contributed by atoms with E-state index in [1.807, 2.05) is 29.2 Å². The van der Waals surface area contributed by atoms with Crippen LogP contribution in [0.2, 0.25) is 0 Å². The van der Waals surface area contributed by atoms with Gasteiger partial charge >= 0.3 is 0 Å². The molecule has 0 atom stereocenters. The number of morpholine rings is 1. The fourth-order valence-corrected chi connectivity index (χ4v) is 3.42. The average molecular weight is 472 g/mol. The lowest BCUT2D eigenvalue weighted by Gasteiger charge is -2.27. The van der Waals surface area contributed by atoms with E-state index in [4.69, 9.17) is 10.5 Å². The van der Waals surface area contributed by atoms with E-state index in [0.717, 1.165) is 50.0 Å². The molecule has 144 valence electrons. The first kappa shape index (κ1) is 21.0. The minimum absolute atomic E-state index is 0. The number of guanidine groups is 1. The van der Waals surface area contributed by atoms with Gasteiger partial charge in [0.05, 0.1) is 19.8 Å². The Morgan fingerprint density at radius 2 is 1.96 bits per heavy atom. The first-order chi connectivity index (χ1) is 12.2. The normalized spacial score (nSPS) is 18.9. The summed E-state index contributed by atoms with van der Waals surface area (Å²) in [5.41, 5.74) is 7.94. The first-order valence-corrected chi connectivity index (χ1v) is 9.25. The molecule has 26 heavy (non-hydrogen) atoms. The van der Waals surface area contributed by atoms with Crippen molar-refractivity contribution in [3.8, 4) is 0 Å². The second-order valence-electron chi connectivity index (χ2n) is 6.80. The molecule has 1 aromatic carbocycles. The lowest BCUT2D eigenvalue weighted by molar-refractivity contribution is -0.120. The molecule has 0 radical (unpaired) electrons. The molecule has 6 nitrogen and oxygen atoms in total. The van der Waals surface area contributed by atoms with E-state index in [0.29, 0.717) is 25.7 Å². The Labute approximate surface area is 172 Å². The van der Waals surface area contributed by atoms with E-state index in [2.05, 4.69) is 10.3 Å². The zero-order valence-corrected chi connectivity index (χ0v) is 17.5. The third-order valence-electron chi connectivity index (χ3n) is 4.93. The zero-order valence-electron chi connectivity index (χ0n) is 15.2. The van der Waals surface area contributed by atoms with Crippen molar-refractivity contribution < 1.29 is 9.53 Å². The molecule has 3 rings (SSSR count). The molecule has 1 aliphatic carbocycles. The molecule has 0 bridgehead atoms. The predicted molar refractivity (Wildman–Crippen MR) is 115 cm³/mol. The van der Waals surface area contributed by atoms with Crippen molar-refractivity contribution in [2.75, 3.05) is 31.6 Å². The number of anilines is 1. The van der Waals surface area contributed by atoms with Gasteiger partial charge in [0.15, 0.2) is 5.96 Å². The van der Waals surface area contributed by atoms with Gasteiger partial charge in [-0.15, -0.1) is 24.0 Å². The number of nitrogens with one attached hydrogen (secondary N) is 1. The van der Waals surface area contributed by atoms with Crippen molar-refractivity contribution in [3.63, 3.8) is 0 Å². The summed E-state index contributed by atoms with van der Waals surface area (Å²) in [6, 6.07) is 7.87. The number of ether oxygens (including phenoxy) is 1. The molecule has 1 heterocycles. The fourth-order valence-electron chi connectivity index (χ4n) is 3.42. The highest BCUT2D eigenvalue weighted by molar-refractivity contribution is 14.0. The van der Waals surface area contributed by atoms with Crippen LogP contribution in [0.4, 0.5) is 5.69 Å². The molecule has 1 amide bonds. The number of amides is 1. The van der Waals surface area contributed by atoms with Crippen LogP contribution in [0.3, 0.4) is 0 Å². The Hall–Kier alpha value is -1.35. The van der Waals surface area contributed by atoms with Crippen molar-refractivity contribution in [1.29, 1.82) is 0 Å². The van der Waals surface area contributed by atoms with Gasteiger partial charge in [0.1, 0.15) is 0 Å². The molecule has 0 spiro atoms. The van der Waals surface area contributed by atoms with E-state index in [1.54, 1.807) is 0 Å². The topological polar surface area (TPSA) is 79.9 Å².